The number of carbonyl (C=O) groups is 2. The van der Waals surface area contributed by atoms with Gasteiger partial charge in [-0.15, -0.1) is 0 Å². The van der Waals surface area contributed by atoms with E-state index in [1.54, 1.807) is 30.3 Å². The van der Waals surface area contributed by atoms with Crippen molar-refractivity contribution in [2.75, 3.05) is 11.9 Å². The van der Waals surface area contributed by atoms with Crippen molar-refractivity contribution in [3.8, 4) is 11.8 Å². The molecule has 0 aliphatic heterocycles. The van der Waals surface area contributed by atoms with E-state index in [9.17, 15) is 32.3 Å². The fraction of sp³-hybridized carbons (Fsp3) is 0.444. The second-order valence-electron chi connectivity index (χ2n) is 13.2. The van der Waals surface area contributed by atoms with Crippen LogP contribution in [0.15, 0.2) is 71.3 Å². The Balaban J connectivity index is 1.27. The number of rotatable bonds is 4. The second-order valence-corrected chi connectivity index (χ2v) is 13.2. The minimum atomic E-state index is -5.91. The molecule has 5 atom stereocenters. The number of aliphatic hydroxyl groups is 1. The normalized spacial score (nSPS) is 28.7. The van der Waals surface area contributed by atoms with Gasteiger partial charge >= 0.3 is 18.1 Å². The van der Waals surface area contributed by atoms with Crippen LogP contribution in [0.3, 0.4) is 0 Å². The molecule has 0 spiro atoms. The van der Waals surface area contributed by atoms with Gasteiger partial charge in [0.25, 0.3) is 0 Å². The van der Waals surface area contributed by atoms with E-state index in [4.69, 9.17) is 0 Å². The van der Waals surface area contributed by atoms with Gasteiger partial charge < -0.3 is 15.7 Å². The maximum atomic E-state index is 15.2. The van der Waals surface area contributed by atoms with Crippen LogP contribution in [-0.4, -0.2) is 41.2 Å². The van der Waals surface area contributed by atoms with E-state index in [0.29, 0.717) is 42.5 Å². The molecular weight excluding hydrogens is 622 g/mol. The highest BCUT2D eigenvalue weighted by atomic mass is 19.4. The van der Waals surface area contributed by atoms with Crippen LogP contribution >= 0.6 is 0 Å². The summed E-state index contributed by atoms with van der Waals surface area (Å²) in [6.45, 7) is 1.41. The average Bonchev–Trinajstić information content (AvgIpc) is 3.31. The molecule has 2 fully saturated rings. The van der Waals surface area contributed by atoms with Crippen LogP contribution in [0.5, 0.6) is 0 Å². The molecule has 248 valence electrons. The smallest absolute Gasteiger partial charge is 0.383 e. The van der Waals surface area contributed by atoms with Gasteiger partial charge in [-0.25, -0.2) is 9.18 Å². The summed E-state index contributed by atoms with van der Waals surface area (Å²) in [4.78, 5) is 24.3. The number of alkyl halides is 5. The van der Waals surface area contributed by atoms with Crippen LogP contribution < -0.4 is 10.6 Å². The molecule has 0 radical (unpaired) electrons. The van der Waals surface area contributed by atoms with E-state index in [1.165, 1.54) is 31.2 Å². The van der Waals surface area contributed by atoms with Crippen molar-refractivity contribution in [3.05, 3.63) is 88.3 Å². The van der Waals surface area contributed by atoms with Crippen molar-refractivity contribution in [2.24, 2.45) is 17.3 Å². The number of hydrogen-bond donors (Lipinski definition) is 3. The van der Waals surface area contributed by atoms with E-state index in [2.05, 4.69) is 22.5 Å². The summed E-state index contributed by atoms with van der Waals surface area (Å²) in [5.41, 5.74) is -0.375. The third kappa shape index (κ3) is 5.64. The van der Waals surface area contributed by atoms with Gasteiger partial charge in [-0.1, -0.05) is 36.5 Å². The second kappa shape index (κ2) is 11.9. The van der Waals surface area contributed by atoms with Gasteiger partial charge in [0.2, 0.25) is 0 Å². The summed E-state index contributed by atoms with van der Waals surface area (Å²) in [5, 5.41) is 16.6. The Labute approximate surface area is 268 Å². The molecule has 47 heavy (non-hydrogen) atoms. The third-order valence-electron chi connectivity index (χ3n) is 10.7. The van der Waals surface area contributed by atoms with Crippen molar-refractivity contribution < 1.29 is 41.0 Å². The lowest BCUT2D eigenvalue weighted by Crippen LogP contribution is -2.65. The minimum absolute atomic E-state index is 0.00883. The fourth-order valence-electron chi connectivity index (χ4n) is 8.49. The maximum absolute atomic E-state index is 15.2. The van der Waals surface area contributed by atoms with Crippen molar-refractivity contribution >= 4 is 17.5 Å². The number of benzene rings is 2. The zero-order chi connectivity index (χ0) is 33.8. The predicted molar refractivity (Wildman–Crippen MR) is 163 cm³/mol. The van der Waals surface area contributed by atoms with E-state index in [1.807, 2.05) is 0 Å². The number of fused-ring (bicyclic) bond motifs is 4. The first-order valence-corrected chi connectivity index (χ1v) is 15.7. The van der Waals surface area contributed by atoms with Crippen LogP contribution in [0.1, 0.15) is 68.9 Å². The molecule has 2 saturated carbocycles. The molecule has 2 aromatic carbocycles. The van der Waals surface area contributed by atoms with E-state index >= 15 is 8.78 Å². The first-order chi connectivity index (χ1) is 22.1. The molecule has 3 N–H and O–H groups in total. The fourth-order valence-corrected chi connectivity index (χ4v) is 8.49. The van der Waals surface area contributed by atoms with Crippen molar-refractivity contribution in [3.63, 3.8) is 0 Å². The lowest BCUT2D eigenvalue weighted by Gasteiger charge is -2.56. The summed E-state index contributed by atoms with van der Waals surface area (Å²) in [6.07, 6.45) is -3.13. The quantitative estimate of drug-likeness (QED) is 0.232. The minimum Gasteiger partial charge on any atom is -0.383 e. The lowest BCUT2D eigenvalue weighted by atomic mass is 9.50. The number of amides is 2. The maximum Gasteiger partial charge on any atom is 0.456 e. The molecule has 0 aromatic heterocycles. The van der Waals surface area contributed by atoms with Gasteiger partial charge in [0.1, 0.15) is 11.4 Å². The molecule has 4 aliphatic rings. The van der Waals surface area contributed by atoms with Gasteiger partial charge in [0, 0.05) is 29.0 Å². The third-order valence-corrected chi connectivity index (χ3v) is 10.7. The Hall–Kier alpha value is -4.04. The van der Waals surface area contributed by atoms with Crippen LogP contribution in [0.4, 0.5) is 36.8 Å². The molecule has 0 unspecified atom stereocenters. The Bertz CT molecular complexity index is 1700. The Morgan fingerprint density at radius 1 is 1.00 bits per heavy atom. The van der Waals surface area contributed by atoms with Gasteiger partial charge in [-0.2, -0.15) is 22.0 Å². The highest BCUT2D eigenvalue weighted by Gasteiger charge is 2.79. The van der Waals surface area contributed by atoms with Crippen LogP contribution in [0.2, 0.25) is 0 Å². The molecule has 0 saturated heterocycles. The highest BCUT2D eigenvalue weighted by molar-refractivity contribution is 5.93. The van der Waals surface area contributed by atoms with E-state index < -0.39 is 53.2 Å². The Morgan fingerprint density at radius 2 is 1.70 bits per heavy atom. The van der Waals surface area contributed by atoms with Crippen LogP contribution in [0.25, 0.3) is 0 Å². The standard InChI is InChI=1S/C36H34F6N2O3/c1-33-20-29(22-6-4-21(5-7-22)3-2-18-43-32(46)44-25-11-9-24(37)10-12-25)31-27-15-13-26(45)19-23(27)8-14-28(31)30(33)16-17-34(33,47)35(38,39)36(40,41)42/h4-7,9-12,19,28-30,47H,8,13-18,20H2,1H3,(H2,43,44,46)/t28-,29+,30-,33-,34-/m0/s1. The molecule has 2 aromatic rings. The number of nitrogens with one attached hydrogen (secondary N) is 2. The topological polar surface area (TPSA) is 78.4 Å². The van der Waals surface area contributed by atoms with Crippen molar-refractivity contribution in [1.82, 2.24) is 5.32 Å². The van der Waals surface area contributed by atoms with Gasteiger partial charge in [-0.3, -0.25) is 4.79 Å². The number of carbonyl (C=O) groups excluding carboxylic acids is 2. The highest BCUT2D eigenvalue weighted by Crippen LogP contribution is 2.70. The molecule has 0 heterocycles. The average molecular weight is 657 g/mol. The number of urea groups is 1. The number of anilines is 1. The van der Waals surface area contributed by atoms with E-state index in [-0.39, 0.29) is 31.1 Å². The van der Waals surface area contributed by atoms with Gasteiger partial charge in [0.05, 0.1) is 6.54 Å². The first kappa shape index (κ1) is 32.9. The number of halogens is 6. The van der Waals surface area contributed by atoms with Gasteiger partial charge in [-0.05, 0) is 110 Å². The Morgan fingerprint density at radius 3 is 2.38 bits per heavy atom. The van der Waals surface area contributed by atoms with Crippen molar-refractivity contribution in [2.45, 2.75) is 75.5 Å². The summed E-state index contributed by atoms with van der Waals surface area (Å²) in [6, 6.07) is 11.8. The summed E-state index contributed by atoms with van der Waals surface area (Å²) in [7, 11) is 0. The molecule has 11 heteroatoms. The number of hydrogen-bond acceptors (Lipinski definition) is 3. The number of ketones is 1. The van der Waals surface area contributed by atoms with Crippen molar-refractivity contribution in [1.29, 1.82) is 0 Å². The molecule has 5 nitrogen and oxygen atoms in total. The van der Waals surface area contributed by atoms with Crippen LogP contribution in [0, 0.1) is 34.9 Å². The molecule has 4 aliphatic carbocycles. The monoisotopic (exact) mass is 656 g/mol. The summed E-state index contributed by atoms with van der Waals surface area (Å²) >= 11 is 0. The predicted octanol–water partition coefficient (Wildman–Crippen LogP) is 7.83. The van der Waals surface area contributed by atoms with Crippen LogP contribution in [-0.2, 0) is 4.79 Å². The molecular formula is C36H34F6N2O3. The van der Waals surface area contributed by atoms with E-state index in [0.717, 1.165) is 16.7 Å². The first-order valence-electron chi connectivity index (χ1n) is 15.7. The summed E-state index contributed by atoms with van der Waals surface area (Å²) < 4.78 is 84.8. The van der Waals surface area contributed by atoms with Gasteiger partial charge in [0.15, 0.2) is 5.78 Å². The lowest BCUT2D eigenvalue weighted by molar-refractivity contribution is -0.362. The SMILES string of the molecule is C[C@]12C[C@H](c3ccc(C#CCNC(=O)Nc4ccc(F)cc4)cc3)C3=C4CCC(=O)C=C4CC[C@H]3[C@@H]1CC[C@@]2(O)C(F)(F)C(F)(F)F. The number of allylic oxidation sites excluding steroid dienone is 4. The molecule has 2 amide bonds. The molecule has 6 rings (SSSR count). The largest absolute Gasteiger partial charge is 0.456 e. The zero-order valence-electron chi connectivity index (χ0n) is 25.6. The molecule has 0 bridgehead atoms. The summed E-state index contributed by atoms with van der Waals surface area (Å²) in [5.74, 6) is -1.34. The zero-order valence-corrected chi connectivity index (χ0v) is 25.6. The Kier molecular flexibility index (Phi) is 8.32.